The number of carbonyl (C=O) groups is 2. The maximum atomic E-state index is 14.8. The Hall–Kier alpha value is -3.70. The second kappa shape index (κ2) is 17.8. The standard InChI is InChI=1S/C37H41Cl2N3O5S2/c1-5-47-35-14-10-9-13-33(35)42(49(45,46)31-19-17-30(48-4)18-20-31)25-36(43)41(24-28-15-16-29(38)22-32(28)39)34(37(44)40-23-26(2)3)21-27-11-7-6-8-12-27/h6-20,22,26,34H,5,21,23-25H2,1-4H3,(H,40,44). The Balaban J connectivity index is 1.85. The highest BCUT2D eigenvalue weighted by Crippen LogP contribution is 2.34. The molecule has 4 rings (SSSR count). The number of carbonyl (C=O) groups excluding carboxylic acids is 2. The van der Waals surface area contributed by atoms with Crippen LogP contribution in [0, 0.1) is 5.92 Å². The molecule has 0 saturated carbocycles. The third kappa shape index (κ3) is 10.2. The number of hydrogen-bond acceptors (Lipinski definition) is 6. The summed E-state index contributed by atoms with van der Waals surface area (Å²) in [7, 11) is -4.31. The number of para-hydroxylation sites is 2. The first-order chi connectivity index (χ1) is 23.4. The van der Waals surface area contributed by atoms with Crippen molar-refractivity contribution < 1.29 is 22.7 Å². The van der Waals surface area contributed by atoms with E-state index in [2.05, 4.69) is 5.32 Å². The number of anilines is 1. The topological polar surface area (TPSA) is 96.0 Å². The van der Waals surface area contributed by atoms with Gasteiger partial charge in [-0.25, -0.2) is 8.42 Å². The van der Waals surface area contributed by atoms with Crippen LogP contribution in [0.5, 0.6) is 5.75 Å². The van der Waals surface area contributed by atoms with E-state index < -0.39 is 28.5 Å². The molecule has 1 unspecified atom stereocenters. The molecule has 49 heavy (non-hydrogen) atoms. The summed E-state index contributed by atoms with van der Waals surface area (Å²) in [4.78, 5) is 31.0. The molecule has 4 aromatic rings. The first-order valence-electron chi connectivity index (χ1n) is 15.9. The van der Waals surface area contributed by atoms with Gasteiger partial charge >= 0.3 is 0 Å². The van der Waals surface area contributed by atoms with Crippen LogP contribution in [0.2, 0.25) is 10.0 Å². The third-order valence-electron chi connectivity index (χ3n) is 7.67. The number of rotatable bonds is 16. The number of sulfonamides is 1. The monoisotopic (exact) mass is 741 g/mol. The number of nitrogens with zero attached hydrogens (tertiary/aromatic N) is 2. The van der Waals surface area contributed by atoms with E-state index in [1.165, 1.54) is 28.8 Å². The van der Waals surface area contributed by atoms with Gasteiger partial charge in [-0.15, -0.1) is 11.8 Å². The maximum absolute atomic E-state index is 14.8. The van der Waals surface area contributed by atoms with E-state index in [9.17, 15) is 18.0 Å². The molecule has 0 aliphatic rings. The fourth-order valence-corrected chi connectivity index (χ4v) is 7.44. The normalized spacial score (nSPS) is 12.0. The van der Waals surface area contributed by atoms with Crippen LogP contribution >= 0.6 is 35.0 Å². The number of nitrogens with one attached hydrogen (secondary N) is 1. The number of thioether (sulfide) groups is 1. The molecule has 0 bridgehead atoms. The molecule has 12 heteroatoms. The highest BCUT2D eigenvalue weighted by Gasteiger charge is 2.36. The van der Waals surface area contributed by atoms with Crippen LogP contribution in [-0.4, -0.2) is 57.1 Å². The predicted molar refractivity (Wildman–Crippen MR) is 199 cm³/mol. The number of amides is 2. The lowest BCUT2D eigenvalue weighted by molar-refractivity contribution is -0.140. The lowest BCUT2D eigenvalue weighted by Gasteiger charge is -2.34. The van der Waals surface area contributed by atoms with Crippen molar-refractivity contribution in [3.05, 3.63) is 118 Å². The molecule has 1 atom stereocenters. The summed E-state index contributed by atoms with van der Waals surface area (Å²) < 4.78 is 35.8. The van der Waals surface area contributed by atoms with Gasteiger partial charge < -0.3 is 15.0 Å². The largest absolute Gasteiger partial charge is 0.492 e. The summed E-state index contributed by atoms with van der Waals surface area (Å²) in [6.45, 7) is 5.72. The van der Waals surface area contributed by atoms with Crippen molar-refractivity contribution in [1.29, 1.82) is 0 Å². The zero-order valence-electron chi connectivity index (χ0n) is 27.9. The van der Waals surface area contributed by atoms with E-state index in [1.54, 1.807) is 61.5 Å². The zero-order valence-corrected chi connectivity index (χ0v) is 31.1. The minimum absolute atomic E-state index is 0.00668. The average Bonchev–Trinajstić information content (AvgIpc) is 3.09. The third-order valence-corrected chi connectivity index (χ3v) is 10.8. The number of halogens is 2. The van der Waals surface area contributed by atoms with Crippen LogP contribution in [0.3, 0.4) is 0 Å². The smallest absolute Gasteiger partial charge is 0.264 e. The molecule has 0 aliphatic carbocycles. The van der Waals surface area contributed by atoms with Crippen molar-refractivity contribution in [2.75, 3.05) is 30.3 Å². The van der Waals surface area contributed by atoms with Gasteiger partial charge in [-0.05, 0) is 78.8 Å². The summed E-state index contributed by atoms with van der Waals surface area (Å²) in [6, 6.07) is 26.4. The molecular formula is C37H41Cl2N3O5S2. The molecule has 0 fully saturated rings. The quantitative estimate of drug-likeness (QED) is 0.118. The minimum atomic E-state index is -4.31. The Kier molecular flexibility index (Phi) is 13.8. The molecule has 8 nitrogen and oxygen atoms in total. The van der Waals surface area contributed by atoms with Gasteiger partial charge in [0.05, 0.1) is 17.2 Å². The average molecular weight is 743 g/mol. The van der Waals surface area contributed by atoms with Gasteiger partial charge in [0.2, 0.25) is 11.8 Å². The number of hydrogen-bond donors (Lipinski definition) is 1. The van der Waals surface area contributed by atoms with Crippen molar-refractivity contribution in [2.24, 2.45) is 5.92 Å². The fourth-order valence-electron chi connectivity index (χ4n) is 5.14. The predicted octanol–water partition coefficient (Wildman–Crippen LogP) is 7.72. The molecule has 0 aliphatic heterocycles. The zero-order chi connectivity index (χ0) is 35.6. The van der Waals surface area contributed by atoms with E-state index in [-0.39, 0.29) is 42.0 Å². The van der Waals surface area contributed by atoms with Gasteiger partial charge in [0.25, 0.3) is 10.0 Å². The second-order valence-electron chi connectivity index (χ2n) is 11.7. The van der Waals surface area contributed by atoms with Gasteiger partial charge in [0.15, 0.2) is 0 Å². The molecule has 0 saturated heterocycles. The van der Waals surface area contributed by atoms with Crippen LogP contribution < -0.4 is 14.4 Å². The Bertz CT molecular complexity index is 1820. The molecule has 0 aromatic heterocycles. The van der Waals surface area contributed by atoms with E-state index in [4.69, 9.17) is 27.9 Å². The summed E-state index contributed by atoms with van der Waals surface area (Å²) in [6.07, 6.45) is 2.08. The Labute approximate surface area is 303 Å². The molecule has 0 radical (unpaired) electrons. The Morgan fingerprint density at radius 3 is 2.22 bits per heavy atom. The highest BCUT2D eigenvalue weighted by molar-refractivity contribution is 7.98. The first-order valence-corrected chi connectivity index (χ1v) is 19.3. The minimum Gasteiger partial charge on any atom is -0.492 e. The van der Waals surface area contributed by atoms with Crippen molar-refractivity contribution in [2.45, 2.75) is 49.6 Å². The van der Waals surface area contributed by atoms with Crippen LogP contribution in [-0.2, 0) is 32.6 Å². The van der Waals surface area contributed by atoms with Gasteiger partial charge in [0.1, 0.15) is 18.3 Å². The summed E-state index contributed by atoms with van der Waals surface area (Å²) in [5.41, 5.74) is 1.57. The van der Waals surface area contributed by atoms with Gasteiger partial charge in [-0.1, -0.05) is 85.6 Å². The Morgan fingerprint density at radius 2 is 1.59 bits per heavy atom. The number of benzene rings is 4. The van der Waals surface area contributed by atoms with Gasteiger partial charge in [0, 0.05) is 34.5 Å². The van der Waals surface area contributed by atoms with Crippen molar-refractivity contribution >= 4 is 62.5 Å². The maximum Gasteiger partial charge on any atom is 0.264 e. The van der Waals surface area contributed by atoms with Gasteiger partial charge in [-0.3, -0.25) is 13.9 Å². The molecule has 0 spiro atoms. The molecule has 0 heterocycles. The Morgan fingerprint density at radius 1 is 0.918 bits per heavy atom. The van der Waals surface area contributed by atoms with E-state index in [0.717, 1.165) is 14.8 Å². The van der Waals surface area contributed by atoms with Crippen LogP contribution in [0.15, 0.2) is 107 Å². The molecule has 4 aromatic carbocycles. The lowest BCUT2D eigenvalue weighted by Crippen LogP contribution is -2.53. The highest BCUT2D eigenvalue weighted by atomic mass is 35.5. The first kappa shape index (κ1) is 38.1. The summed E-state index contributed by atoms with van der Waals surface area (Å²) >= 11 is 14.3. The molecule has 260 valence electrons. The van der Waals surface area contributed by atoms with E-state index >= 15 is 0 Å². The van der Waals surface area contributed by atoms with Gasteiger partial charge in [-0.2, -0.15) is 0 Å². The molecular weight excluding hydrogens is 701 g/mol. The van der Waals surface area contributed by atoms with Crippen LogP contribution in [0.4, 0.5) is 5.69 Å². The van der Waals surface area contributed by atoms with Crippen molar-refractivity contribution in [3.8, 4) is 5.75 Å². The van der Waals surface area contributed by atoms with Crippen molar-refractivity contribution in [3.63, 3.8) is 0 Å². The number of ether oxygens (including phenoxy) is 1. The SMILES string of the molecule is CCOc1ccccc1N(CC(=O)N(Cc1ccc(Cl)cc1Cl)C(Cc1ccccc1)C(=O)NCC(C)C)S(=O)(=O)c1ccc(SC)cc1. The fraction of sp³-hybridized carbons (Fsp3) is 0.297. The van der Waals surface area contributed by atoms with Crippen LogP contribution in [0.25, 0.3) is 0 Å². The van der Waals surface area contributed by atoms with Crippen molar-refractivity contribution in [1.82, 2.24) is 10.2 Å². The lowest BCUT2D eigenvalue weighted by atomic mass is 10.0. The summed E-state index contributed by atoms with van der Waals surface area (Å²) in [5, 5.41) is 3.71. The summed E-state index contributed by atoms with van der Waals surface area (Å²) in [5.74, 6) is -0.524. The second-order valence-corrected chi connectivity index (χ2v) is 15.3. The molecule has 2 amide bonds. The van der Waals surface area contributed by atoms with E-state index in [1.807, 2.05) is 50.4 Å². The van der Waals surface area contributed by atoms with Crippen LogP contribution in [0.1, 0.15) is 31.9 Å². The van der Waals surface area contributed by atoms with E-state index in [0.29, 0.717) is 27.9 Å². The molecule has 1 N–H and O–H groups in total.